The van der Waals surface area contributed by atoms with Crippen molar-refractivity contribution in [2.24, 2.45) is 0 Å². The van der Waals surface area contributed by atoms with Crippen molar-refractivity contribution >= 4 is 44.1 Å². The third-order valence-corrected chi connectivity index (χ3v) is 6.03. The Bertz CT molecular complexity index is 1310. The van der Waals surface area contributed by atoms with E-state index < -0.39 is 5.91 Å². The molecule has 1 aliphatic heterocycles. The first-order chi connectivity index (χ1) is 15.6. The van der Waals surface area contributed by atoms with Crippen molar-refractivity contribution in [3.05, 3.63) is 76.5 Å². The monoisotopic (exact) mass is 489 g/mol. The first kappa shape index (κ1) is 20.3. The Labute approximate surface area is 192 Å². The quantitative estimate of drug-likeness (QED) is 0.329. The number of benzene rings is 3. The highest BCUT2D eigenvalue weighted by Crippen LogP contribution is 2.23. The van der Waals surface area contributed by atoms with Crippen molar-refractivity contribution in [1.82, 2.24) is 25.1 Å². The Morgan fingerprint density at radius 3 is 2.47 bits per heavy atom. The number of carbonyl (C=O) groups excluding carboxylic acids is 1. The molecule has 2 heterocycles. The van der Waals surface area contributed by atoms with E-state index >= 15 is 0 Å². The minimum Gasteiger partial charge on any atom is -0.357 e. The second-order valence-corrected chi connectivity index (χ2v) is 8.58. The lowest BCUT2D eigenvalue weighted by atomic mass is 10.1. The molecule has 32 heavy (non-hydrogen) atoms. The van der Waals surface area contributed by atoms with Crippen LogP contribution in [-0.4, -0.2) is 49.9 Å². The molecule has 2 N–H and O–H groups in total. The highest BCUT2D eigenvalue weighted by atomic mass is 79.9. The highest BCUT2D eigenvalue weighted by molar-refractivity contribution is 9.10. The number of anilines is 1. The molecule has 0 aliphatic carbocycles. The zero-order chi connectivity index (χ0) is 22.1. The van der Waals surface area contributed by atoms with Gasteiger partial charge in [-0.25, -0.2) is 0 Å². The lowest BCUT2D eigenvalue weighted by Crippen LogP contribution is -2.27. The minimum atomic E-state index is -0.409. The fraction of sp³-hybridized carbons (Fsp3) is 0.174. The summed E-state index contributed by atoms with van der Waals surface area (Å²) in [7, 11) is 0. The number of tetrazole rings is 1. The van der Waals surface area contributed by atoms with Gasteiger partial charge in [0.2, 0.25) is 5.82 Å². The van der Waals surface area contributed by atoms with Crippen LogP contribution in [0.1, 0.15) is 29.0 Å². The molecule has 0 radical (unpaired) electrons. The summed E-state index contributed by atoms with van der Waals surface area (Å²) in [5.74, 6) is 0.205. The fourth-order valence-corrected chi connectivity index (χ4v) is 4.24. The van der Waals surface area contributed by atoms with E-state index in [2.05, 4.69) is 41.7 Å². The number of carbonyl (C=O) groups is 1. The van der Waals surface area contributed by atoms with Gasteiger partial charge in [-0.1, -0.05) is 28.1 Å². The molecular formula is C23H20BrN7O. The third kappa shape index (κ3) is 3.99. The second kappa shape index (κ2) is 8.51. The number of fused-ring (bicyclic) bond motifs is 1. The van der Waals surface area contributed by atoms with Gasteiger partial charge >= 0.3 is 0 Å². The summed E-state index contributed by atoms with van der Waals surface area (Å²) in [5.41, 5.74) is 2.15. The highest BCUT2D eigenvalue weighted by Gasteiger charge is 2.19. The zero-order valence-electron chi connectivity index (χ0n) is 17.1. The average molecular weight is 490 g/mol. The van der Waals surface area contributed by atoms with Gasteiger partial charge in [0.25, 0.3) is 5.91 Å². The van der Waals surface area contributed by atoms with Crippen LogP contribution in [0.25, 0.3) is 16.5 Å². The molecule has 1 fully saturated rings. The standard InChI is InChI=1S/C23H20BrN7O/c24-18-7-3-17-14-20(10-6-16(17)13-18)31-22(27-28-29-31)23(32)26-19-8-4-15(5-9-19)21(25)30-11-1-2-12-30/h3-10,13-14,25H,1-2,11-12H2,(H,26,32). The van der Waals surface area contributed by atoms with Crippen LogP contribution < -0.4 is 5.32 Å². The normalized spacial score (nSPS) is 13.5. The molecule has 4 aromatic rings. The number of nitrogens with zero attached hydrogens (tertiary/aromatic N) is 5. The van der Waals surface area contributed by atoms with E-state index in [-0.39, 0.29) is 5.82 Å². The molecule has 1 saturated heterocycles. The molecule has 0 saturated carbocycles. The number of aromatic nitrogens is 4. The van der Waals surface area contributed by atoms with Crippen LogP contribution in [-0.2, 0) is 0 Å². The SMILES string of the molecule is N=C(c1ccc(NC(=O)c2nnnn2-c2ccc3cc(Br)ccc3c2)cc1)N1CCCC1. The maximum absolute atomic E-state index is 12.9. The Balaban J connectivity index is 1.34. The summed E-state index contributed by atoms with van der Waals surface area (Å²) in [4.78, 5) is 14.9. The number of hydrogen-bond acceptors (Lipinski definition) is 5. The van der Waals surface area contributed by atoms with E-state index in [9.17, 15) is 4.79 Å². The smallest absolute Gasteiger partial charge is 0.295 e. The zero-order valence-corrected chi connectivity index (χ0v) is 18.7. The first-order valence-electron chi connectivity index (χ1n) is 10.3. The van der Waals surface area contributed by atoms with E-state index in [0.29, 0.717) is 17.2 Å². The molecule has 160 valence electrons. The summed E-state index contributed by atoms with van der Waals surface area (Å²) in [6.45, 7) is 1.85. The summed E-state index contributed by atoms with van der Waals surface area (Å²) >= 11 is 3.48. The van der Waals surface area contributed by atoms with Crippen LogP contribution in [0.5, 0.6) is 0 Å². The van der Waals surface area contributed by atoms with Gasteiger partial charge in [0.15, 0.2) is 0 Å². The van der Waals surface area contributed by atoms with Gasteiger partial charge in [-0.2, -0.15) is 4.68 Å². The molecule has 0 spiro atoms. The van der Waals surface area contributed by atoms with E-state index in [1.165, 1.54) is 4.68 Å². The van der Waals surface area contributed by atoms with Gasteiger partial charge in [0, 0.05) is 28.8 Å². The molecule has 0 unspecified atom stereocenters. The van der Waals surface area contributed by atoms with E-state index in [0.717, 1.165) is 46.7 Å². The number of amides is 1. The Kier molecular flexibility index (Phi) is 5.40. The van der Waals surface area contributed by atoms with Crippen LogP contribution in [0.4, 0.5) is 5.69 Å². The first-order valence-corrected chi connectivity index (χ1v) is 11.1. The van der Waals surface area contributed by atoms with Gasteiger partial charge in [-0.15, -0.1) is 5.10 Å². The number of amidine groups is 1. The molecule has 0 bridgehead atoms. The number of nitrogens with one attached hydrogen (secondary N) is 2. The van der Waals surface area contributed by atoms with Crippen molar-refractivity contribution < 1.29 is 4.79 Å². The molecule has 3 aromatic carbocycles. The third-order valence-electron chi connectivity index (χ3n) is 5.54. The van der Waals surface area contributed by atoms with E-state index in [1.54, 1.807) is 12.1 Å². The summed E-state index contributed by atoms with van der Waals surface area (Å²) in [6, 6.07) is 19.0. The van der Waals surface area contributed by atoms with Crippen LogP contribution in [0.3, 0.4) is 0 Å². The van der Waals surface area contributed by atoms with Crippen molar-refractivity contribution in [3.63, 3.8) is 0 Å². The van der Waals surface area contributed by atoms with Crippen LogP contribution in [0.15, 0.2) is 65.1 Å². The van der Waals surface area contributed by atoms with Crippen molar-refractivity contribution in [2.45, 2.75) is 12.8 Å². The predicted molar refractivity (Wildman–Crippen MR) is 126 cm³/mol. The van der Waals surface area contributed by atoms with Crippen LogP contribution >= 0.6 is 15.9 Å². The van der Waals surface area contributed by atoms with Gasteiger partial charge < -0.3 is 10.2 Å². The lowest BCUT2D eigenvalue weighted by Gasteiger charge is -2.18. The van der Waals surface area contributed by atoms with Gasteiger partial charge in [0.05, 0.1) is 5.69 Å². The largest absolute Gasteiger partial charge is 0.357 e. The van der Waals surface area contributed by atoms with E-state index in [4.69, 9.17) is 5.41 Å². The molecular weight excluding hydrogens is 470 g/mol. The molecule has 8 nitrogen and oxygen atoms in total. The maximum atomic E-state index is 12.9. The lowest BCUT2D eigenvalue weighted by molar-refractivity contribution is 0.101. The molecule has 1 aromatic heterocycles. The second-order valence-electron chi connectivity index (χ2n) is 7.66. The topological polar surface area (TPSA) is 99.8 Å². The molecule has 1 aliphatic rings. The number of halogens is 1. The van der Waals surface area contributed by atoms with Gasteiger partial charge in [-0.05, 0) is 82.6 Å². The van der Waals surface area contributed by atoms with Gasteiger partial charge in [0.1, 0.15) is 5.84 Å². The van der Waals surface area contributed by atoms with Crippen LogP contribution in [0.2, 0.25) is 0 Å². The van der Waals surface area contributed by atoms with Crippen molar-refractivity contribution in [1.29, 1.82) is 5.41 Å². The number of likely N-dealkylation sites (tertiary alicyclic amines) is 1. The molecule has 0 atom stereocenters. The molecule has 5 rings (SSSR count). The number of hydrogen-bond donors (Lipinski definition) is 2. The van der Waals surface area contributed by atoms with E-state index in [1.807, 2.05) is 48.5 Å². The Morgan fingerprint density at radius 1 is 0.969 bits per heavy atom. The van der Waals surface area contributed by atoms with Gasteiger partial charge in [-0.3, -0.25) is 10.2 Å². The van der Waals surface area contributed by atoms with Crippen molar-refractivity contribution in [3.8, 4) is 5.69 Å². The Morgan fingerprint density at radius 2 is 1.69 bits per heavy atom. The molecule has 9 heteroatoms. The van der Waals surface area contributed by atoms with Crippen LogP contribution in [0, 0.1) is 5.41 Å². The molecule has 1 amide bonds. The predicted octanol–water partition coefficient (Wildman–Crippen LogP) is 4.25. The Hall–Kier alpha value is -3.59. The average Bonchev–Trinajstić information content (AvgIpc) is 3.51. The maximum Gasteiger partial charge on any atom is 0.295 e. The number of rotatable bonds is 4. The summed E-state index contributed by atoms with van der Waals surface area (Å²) < 4.78 is 2.43. The van der Waals surface area contributed by atoms with Crippen molar-refractivity contribution in [2.75, 3.05) is 18.4 Å². The summed E-state index contributed by atoms with van der Waals surface area (Å²) in [5, 5.41) is 24.9. The fourth-order valence-electron chi connectivity index (χ4n) is 3.86. The minimum absolute atomic E-state index is 0.0929. The summed E-state index contributed by atoms with van der Waals surface area (Å²) in [6.07, 6.45) is 2.25.